The van der Waals surface area contributed by atoms with Crippen LogP contribution in [0, 0.1) is 0 Å². The maximum Gasteiger partial charge on any atom is 0.310 e. The van der Waals surface area contributed by atoms with E-state index in [9.17, 15) is 19.4 Å². The van der Waals surface area contributed by atoms with Gasteiger partial charge in [-0.3, -0.25) is 0 Å². The first-order chi connectivity index (χ1) is 10.0. The molecule has 1 aromatic carbocycles. The summed E-state index contributed by atoms with van der Waals surface area (Å²) >= 11 is 0. The van der Waals surface area contributed by atoms with Gasteiger partial charge >= 0.3 is 10.2 Å². The molecule has 9 heteroatoms. The molecule has 1 fully saturated rings. The molecule has 1 aliphatic carbocycles. The number of halogens is 5. The van der Waals surface area contributed by atoms with Crippen LogP contribution in [0.4, 0.5) is 19.4 Å². The molecule has 3 nitrogen and oxygen atoms in total. The first-order valence-corrected chi connectivity index (χ1v) is 8.75. The molecular weight excluding hydrogens is 325 g/mol. The standard InChI is InChI=1S/C13H14F5N3S/c14-22(15,16,17,18)12-7-5-11(6-8-12)21-9-13(19-20-21)10-3-1-2-4-10/h5-10H,1-4H2. The van der Waals surface area contributed by atoms with Crippen molar-refractivity contribution in [3.05, 3.63) is 36.2 Å². The predicted molar refractivity (Wildman–Crippen MR) is 74.0 cm³/mol. The van der Waals surface area contributed by atoms with Crippen molar-refractivity contribution in [1.82, 2.24) is 15.0 Å². The average Bonchev–Trinajstić information content (AvgIpc) is 3.07. The van der Waals surface area contributed by atoms with Gasteiger partial charge in [0.15, 0.2) is 0 Å². The summed E-state index contributed by atoms with van der Waals surface area (Å²) in [6, 6.07) is 2.71. The Bertz CT molecular complexity index is 687. The van der Waals surface area contributed by atoms with Crippen molar-refractivity contribution in [2.24, 2.45) is 0 Å². The van der Waals surface area contributed by atoms with Gasteiger partial charge < -0.3 is 0 Å². The second-order valence-corrected chi connectivity index (χ2v) is 7.94. The number of nitrogens with zero attached hydrogens (tertiary/aromatic N) is 3. The zero-order valence-corrected chi connectivity index (χ0v) is 12.2. The molecule has 1 saturated carbocycles. The Kier molecular flexibility index (Phi) is 2.92. The maximum atomic E-state index is 12.7. The first kappa shape index (κ1) is 15.3. The molecule has 2 aromatic rings. The molecule has 3 rings (SSSR count). The van der Waals surface area contributed by atoms with E-state index >= 15 is 0 Å². The van der Waals surface area contributed by atoms with Gasteiger partial charge in [-0.1, -0.05) is 37.5 Å². The quantitative estimate of drug-likeness (QED) is 0.683. The maximum absolute atomic E-state index is 12.7. The lowest BCUT2D eigenvalue weighted by Gasteiger charge is -2.40. The number of aromatic nitrogens is 3. The highest BCUT2D eigenvalue weighted by Gasteiger charge is 2.65. The minimum Gasteiger partial charge on any atom is -0.220 e. The van der Waals surface area contributed by atoms with Crippen molar-refractivity contribution >= 4 is 10.2 Å². The Balaban J connectivity index is 1.88. The lowest BCUT2D eigenvalue weighted by Crippen LogP contribution is -2.06. The van der Waals surface area contributed by atoms with Gasteiger partial charge in [-0.2, -0.15) is 0 Å². The van der Waals surface area contributed by atoms with Crippen LogP contribution in [0.3, 0.4) is 0 Å². The summed E-state index contributed by atoms with van der Waals surface area (Å²) in [4.78, 5) is -1.90. The smallest absolute Gasteiger partial charge is 0.220 e. The van der Waals surface area contributed by atoms with E-state index in [1.807, 2.05) is 0 Å². The van der Waals surface area contributed by atoms with E-state index in [1.165, 1.54) is 4.68 Å². The summed E-state index contributed by atoms with van der Waals surface area (Å²) in [6.07, 6.45) is 5.92. The first-order valence-electron chi connectivity index (χ1n) is 6.80. The zero-order chi connectivity index (χ0) is 16.1. The van der Waals surface area contributed by atoms with Gasteiger partial charge in [0.1, 0.15) is 4.90 Å². The van der Waals surface area contributed by atoms with Crippen molar-refractivity contribution in [3.8, 4) is 5.69 Å². The summed E-state index contributed by atoms with van der Waals surface area (Å²) in [7, 11) is -9.62. The van der Waals surface area contributed by atoms with Gasteiger partial charge in [0.25, 0.3) is 0 Å². The van der Waals surface area contributed by atoms with Crippen molar-refractivity contribution in [3.63, 3.8) is 0 Å². The van der Waals surface area contributed by atoms with Crippen LogP contribution >= 0.6 is 10.2 Å². The molecule has 0 amide bonds. The van der Waals surface area contributed by atoms with Crippen LogP contribution < -0.4 is 0 Å². The van der Waals surface area contributed by atoms with Crippen molar-refractivity contribution in [2.45, 2.75) is 36.5 Å². The van der Waals surface area contributed by atoms with Crippen molar-refractivity contribution in [1.29, 1.82) is 0 Å². The Labute approximate surface area is 123 Å². The highest BCUT2D eigenvalue weighted by atomic mass is 32.5. The number of hydrogen-bond acceptors (Lipinski definition) is 2. The number of hydrogen-bond donors (Lipinski definition) is 0. The summed E-state index contributed by atoms with van der Waals surface area (Å²) in [5.41, 5.74) is 1.05. The van der Waals surface area contributed by atoms with E-state index in [0.717, 1.165) is 43.5 Å². The normalized spacial score (nSPS) is 19.9. The summed E-state index contributed by atoms with van der Waals surface area (Å²) < 4.78 is 64.6. The number of benzene rings is 1. The van der Waals surface area contributed by atoms with E-state index in [-0.39, 0.29) is 5.69 Å². The third-order valence-corrected chi connectivity index (χ3v) is 4.99. The SMILES string of the molecule is FS(F)(F)(F)(F)c1ccc(-n2cc(C3CCCC3)nn2)cc1. The van der Waals surface area contributed by atoms with Crippen molar-refractivity contribution in [2.75, 3.05) is 0 Å². The number of rotatable bonds is 3. The second kappa shape index (κ2) is 4.21. The van der Waals surface area contributed by atoms with E-state index in [0.29, 0.717) is 18.1 Å². The molecule has 1 heterocycles. The van der Waals surface area contributed by atoms with Crippen LogP contribution in [0.25, 0.3) is 5.69 Å². The fourth-order valence-corrected chi connectivity index (χ4v) is 3.32. The molecule has 0 atom stereocenters. The predicted octanol–water partition coefficient (Wildman–Crippen LogP) is 5.58. The third-order valence-electron chi connectivity index (χ3n) is 3.83. The average molecular weight is 339 g/mol. The Hall–Kier alpha value is -1.64. The third kappa shape index (κ3) is 3.08. The fourth-order valence-electron chi connectivity index (χ4n) is 2.67. The lowest BCUT2D eigenvalue weighted by molar-refractivity contribution is 0.364. The van der Waals surface area contributed by atoms with E-state index in [1.54, 1.807) is 6.20 Å². The van der Waals surface area contributed by atoms with E-state index in [4.69, 9.17) is 0 Å². The lowest BCUT2D eigenvalue weighted by atomic mass is 10.1. The molecular formula is C13H14F5N3S. The van der Waals surface area contributed by atoms with Gasteiger partial charge in [0.2, 0.25) is 0 Å². The summed E-state index contributed by atoms with van der Waals surface area (Å²) in [6.45, 7) is 0. The molecule has 122 valence electrons. The molecule has 1 aliphatic rings. The van der Waals surface area contributed by atoms with Crippen molar-refractivity contribution < 1.29 is 19.4 Å². The van der Waals surface area contributed by atoms with Gasteiger partial charge in [-0.25, -0.2) is 4.68 Å². The molecule has 22 heavy (non-hydrogen) atoms. The molecule has 0 unspecified atom stereocenters. The Morgan fingerprint density at radius 2 is 1.55 bits per heavy atom. The minimum absolute atomic E-state index is 0.266. The van der Waals surface area contributed by atoms with Crippen LogP contribution in [-0.2, 0) is 0 Å². The highest BCUT2D eigenvalue weighted by molar-refractivity contribution is 8.45. The topological polar surface area (TPSA) is 30.7 Å². The van der Waals surface area contributed by atoms with Crippen LogP contribution in [-0.4, -0.2) is 15.0 Å². The molecule has 1 aromatic heterocycles. The second-order valence-electron chi connectivity index (χ2n) is 5.53. The van der Waals surface area contributed by atoms with Gasteiger partial charge in [0, 0.05) is 5.92 Å². The molecule has 0 radical (unpaired) electrons. The van der Waals surface area contributed by atoms with Gasteiger partial charge in [-0.15, -0.1) is 5.10 Å². The summed E-state index contributed by atoms with van der Waals surface area (Å²) in [5.74, 6) is 0.317. The van der Waals surface area contributed by atoms with E-state index < -0.39 is 15.1 Å². The molecule has 0 saturated heterocycles. The van der Waals surface area contributed by atoms with Gasteiger partial charge in [0.05, 0.1) is 17.6 Å². The van der Waals surface area contributed by atoms with Gasteiger partial charge in [-0.05, 0) is 37.1 Å². The van der Waals surface area contributed by atoms with Crippen LogP contribution in [0.5, 0.6) is 0 Å². The Morgan fingerprint density at radius 3 is 2.09 bits per heavy atom. The molecule has 0 bridgehead atoms. The molecule has 0 aliphatic heterocycles. The molecule has 0 spiro atoms. The largest absolute Gasteiger partial charge is 0.310 e. The Morgan fingerprint density at radius 1 is 0.955 bits per heavy atom. The van der Waals surface area contributed by atoms with Crippen LogP contribution in [0.1, 0.15) is 37.3 Å². The zero-order valence-electron chi connectivity index (χ0n) is 11.4. The van der Waals surface area contributed by atoms with Crippen LogP contribution in [0.2, 0.25) is 0 Å². The van der Waals surface area contributed by atoms with Crippen LogP contribution in [0.15, 0.2) is 35.4 Å². The van der Waals surface area contributed by atoms with E-state index in [2.05, 4.69) is 10.3 Å². The monoisotopic (exact) mass is 339 g/mol. The fraction of sp³-hybridized carbons (Fsp3) is 0.385. The summed E-state index contributed by atoms with van der Waals surface area (Å²) in [5, 5.41) is 7.89. The minimum atomic E-state index is -9.62. The highest BCUT2D eigenvalue weighted by Crippen LogP contribution is 3.02. The molecule has 0 N–H and O–H groups in total.